The number of anilines is 1. The third kappa shape index (κ3) is 2.56. The highest BCUT2D eigenvalue weighted by Gasteiger charge is 2.16. The standard InChI is InChI=1S/C9H9ClN4O2S/c1-14-9(3-5-12-14)13-17(15,16)7-2-4-11-8(10)6-7/h2-6,13H,1H3. The molecule has 2 heterocycles. The first-order valence-electron chi connectivity index (χ1n) is 4.61. The van der Waals surface area contributed by atoms with Crippen molar-refractivity contribution in [1.29, 1.82) is 0 Å². The van der Waals surface area contributed by atoms with Crippen LogP contribution in [0, 0.1) is 0 Å². The highest BCUT2D eigenvalue weighted by molar-refractivity contribution is 7.92. The Hall–Kier alpha value is -1.60. The van der Waals surface area contributed by atoms with Crippen molar-refractivity contribution in [2.75, 3.05) is 4.72 Å². The van der Waals surface area contributed by atoms with Crippen molar-refractivity contribution in [2.45, 2.75) is 4.90 Å². The molecule has 1 N–H and O–H groups in total. The Bertz CT molecular complexity index is 638. The van der Waals surface area contributed by atoms with Gasteiger partial charge in [-0.15, -0.1) is 0 Å². The summed E-state index contributed by atoms with van der Waals surface area (Å²) in [6, 6.07) is 4.20. The second kappa shape index (κ2) is 4.34. The van der Waals surface area contributed by atoms with Gasteiger partial charge in [0.15, 0.2) is 0 Å². The molecule has 2 aromatic heterocycles. The number of aromatic nitrogens is 3. The van der Waals surface area contributed by atoms with Crippen LogP contribution in [0.1, 0.15) is 0 Å². The van der Waals surface area contributed by atoms with Crippen LogP contribution in [0.2, 0.25) is 5.15 Å². The molecule has 6 nitrogen and oxygen atoms in total. The minimum atomic E-state index is -3.66. The molecule has 0 aliphatic heterocycles. The molecular formula is C9H9ClN4O2S. The Morgan fingerprint density at radius 2 is 2.12 bits per heavy atom. The first kappa shape index (κ1) is 11.9. The summed E-state index contributed by atoms with van der Waals surface area (Å²) in [5, 5.41) is 3.99. The van der Waals surface area contributed by atoms with Gasteiger partial charge in [0.1, 0.15) is 11.0 Å². The van der Waals surface area contributed by atoms with Gasteiger partial charge in [-0.2, -0.15) is 5.10 Å². The molecule has 17 heavy (non-hydrogen) atoms. The minimum Gasteiger partial charge on any atom is -0.264 e. The van der Waals surface area contributed by atoms with Crippen LogP contribution in [0.15, 0.2) is 35.5 Å². The maximum Gasteiger partial charge on any atom is 0.263 e. The smallest absolute Gasteiger partial charge is 0.263 e. The van der Waals surface area contributed by atoms with Crippen LogP contribution in [0.25, 0.3) is 0 Å². The molecule has 0 aliphatic carbocycles. The van der Waals surface area contributed by atoms with Crippen LogP contribution in [-0.2, 0) is 17.1 Å². The lowest BCUT2D eigenvalue weighted by Crippen LogP contribution is -2.15. The molecule has 0 unspecified atom stereocenters. The fraction of sp³-hybridized carbons (Fsp3) is 0.111. The second-order valence-corrected chi connectivity index (χ2v) is 5.33. The molecular weight excluding hydrogens is 264 g/mol. The molecule has 0 radical (unpaired) electrons. The lowest BCUT2D eigenvalue weighted by molar-refractivity contribution is 0.600. The Morgan fingerprint density at radius 3 is 2.71 bits per heavy atom. The lowest BCUT2D eigenvalue weighted by atomic mass is 10.5. The van der Waals surface area contributed by atoms with Crippen molar-refractivity contribution in [2.24, 2.45) is 7.05 Å². The Kier molecular flexibility index (Phi) is 3.03. The SMILES string of the molecule is Cn1nccc1NS(=O)(=O)c1ccnc(Cl)c1. The molecule has 0 fully saturated rings. The number of nitrogens with zero attached hydrogens (tertiary/aromatic N) is 3. The fourth-order valence-corrected chi connectivity index (χ4v) is 2.56. The molecule has 90 valence electrons. The van der Waals surface area contributed by atoms with Gasteiger partial charge in [0.25, 0.3) is 10.0 Å². The number of rotatable bonds is 3. The van der Waals surface area contributed by atoms with E-state index < -0.39 is 10.0 Å². The van der Waals surface area contributed by atoms with E-state index in [1.54, 1.807) is 13.1 Å². The lowest BCUT2D eigenvalue weighted by Gasteiger charge is -2.07. The van der Waals surface area contributed by atoms with E-state index in [1.165, 1.54) is 29.2 Å². The van der Waals surface area contributed by atoms with Gasteiger partial charge in [0.2, 0.25) is 0 Å². The number of hydrogen-bond acceptors (Lipinski definition) is 4. The van der Waals surface area contributed by atoms with Crippen LogP contribution in [-0.4, -0.2) is 23.2 Å². The van der Waals surface area contributed by atoms with Crippen molar-refractivity contribution in [3.63, 3.8) is 0 Å². The van der Waals surface area contributed by atoms with E-state index in [0.29, 0.717) is 5.82 Å². The van der Waals surface area contributed by atoms with Crippen molar-refractivity contribution >= 4 is 27.4 Å². The van der Waals surface area contributed by atoms with E-state index in [2.05, 4.69) is 14.8 Å². The van der Waals surface area contributed by atoms with E-state index in [9.17, 15) is 8.42 Å². The van der Waals surface area contributed by atoms with E-state index >= 15 is 0 Å². The monoisotopic (exact) mass is 272 g/mol. The summed E-state index contributed by atoms with van der Waals surface area (Å²) in [5.74, 6) is 0.373. The highest BCUT2D eigenvalue weighted by Crippen LogP contribution is 2.16. The Labute approximate surface area is 103 Å². The summed E-state index contributed by atoms with van der Waals surface area (Å²) in [6.07, 6.45) is 2.83. The van der Waals surface area contributed by atoms with Crippen LogP contribution in [0.4, 0.5) is 5.82 Å². The first-order valence-corrected chi connectivity index (χ1v) is 6.47. The largest absolute Gasteiger partial charge is 0.264 e. The normalized spacial score (nSPS) is 11.4. The topological polar surface area (TPSA) is 76.9 Å². The summed E-state index contributed by atoms with van der Waals surface area (Å²) in [5.41, 5.74) is 0. The zero-order chi connectivity index (χ0) is 12.5. The van der Waals surface area contributed by atoms with Gasteiger partial charge in [-0.1, -0.05) is 11.6 Å². The molecule has 0 bridgehead atoms. The predicted molar refractivity (Wildman–Crippen MR) is 63.3 cm³/mol. The van der Waals surface area contributed by atoms with E-state index in [1.807, 2.05) is 0 Å². The quantitative estimate of drug-likeness (QED) is 0.854. The number of nitrogens with one attached hydrogen (secondary N) is 1. The summed E-state index contributed by atoms with van der Waals surface area (Å²) in [6.45, 7) is 0. The molecule has 0 aliphatic rings. The van der Waals surface area contributed by atoms with E-state index in [4.69, 9.17) is 11.6 Å². The molecule has 2 rings (SSSR count). The molecule has 2 aromatic rings. The zero-order valence-corrected chi connectivity index (χ0v) is 10.4. The molecule has 0 saturated carbocycles. The van der Waals surface area contributed by atoms with Crippen LogP contribution in [0.5, 0.6) is 0 Å². The number of aryl methyl sites for hydroxylation is 1. The van der Waals surface area contributed by atoms with Gasteiger partial charge >= 0.3 is 0 Å². The van der Waals surface area contributed by atoms with Gasteiger partial charge in [0.05, 0.1) is 11.1 Å². The third-order valence-corrected chi connectivity index (χ3v) is 3.63. The van der Waals surface area contributed by atoms with Gasteiger partial charge in [-0.25, -0.2) is 13.4 Å². The van der Waals surface area contributed by atoms with Crippen molar-refractivity contribution in [3.8, 4) is 0 Å². The van der Waals surface area contributed by atoms with E-state index in [0.717, 1.165) is 0 Å². The zero-order valence-electron chi connectivity index (χ0n) is 8.83. The van der Waals surface area contributed by atoms with Crippen molar-refractivity contribution < 1.29 is 8.42 Å². The predicted octanol–water partition coefficient (Wildman–Crippen LogP) is 1.27. The molecule has 0 spiro atoms. The molecule has 0 aromatic carbocycles. The average Bonchev–Trinajstić information content (AvgIpc) is 2.64. The maximum absolute atomic E-state index is 12.0. The maximum atomic E-state index is 12.0. The Balaban J connectivity index is 2.35. The highest BCUT2D eigenvalue weighted by atomic mass is 35.5. The summed E-state index contributed by atoms with van der Waals surface area (Å²) in [4.78, 5) is 3.78. The average molecular weight is 273 g/mol. The van der Waals surface area contributed by atoms with Gasteiger partial charge in [-0.05, 0) is 12.1 Å². The minimum absolute atomic E-state index is 0.0544. The van der Waals surface area contributed by atoms with Crippen molar-refractivity contribution in [1.82, 2.24) is 14.8 Å². The summed E-state index contributed by atoms with van der Waals surface area (Å²) in [7, 11) is -2.03. The summed E-state index contributed by atoms with van der Waals surface area (Å²) >= 11 is 5.64. The molecule has 0 amide bonds. The molecule has 0 saturated heterocycles. The van der Waals surface area contributed by atoms with Crippen LogP contribution in [0.3, 0.4) is 0 Å². The summed E-state index contributed by atoms with van der Waals surface area (Å²) < 4.78 is 27.7. The fourth-order valence-electron chi connectivity index (χ4n) is 1.22. The number of pyridine rings is 1. The van der Waals surface area contributed by atoms with Crippen LogP contribution >= 0.6 is 11.6 Å². The number of hydrogen-bond donors (Lipinski definition) is 1. The Morgan fingerprint density at radius 1 is 1.35 bits per heavy atom. The van der Waals surface area contributed by atoms with E-state index in [-0.39, 0.29) is 10.0 Å². The van der Waals surface area contributed by atoms with Gasteiger partial charge in [-0.3, -0.25) is 9.40 Å². The second-order valence-electron chi connectivity index (χ2n) is 3.26. The number of halogens is 1. The molecule has 0 atom stereocenters. The number of sulfonamides is 1. The van der Waals surface area contributed by atoms with Gasteiger partial charge in [0, 0.05) is 19.3 Å². The molecule has 8 heteroatoms. The van der Waals surface area contributed by atoms with Crippen LogP contribution < -0.4 is 4.72 Å². The van der Waals surface area contributed by atoms with Gasteiger partial charge < -0.3 is 0 Å². The third-order valence-electron chi connectivity index (χ3n) is 2.07. The van der Waals surface area contributed by atoms with Crippen molar-refractivity contribution in [3.05, 3.63) is 35.7 Å². The first-order chi connectivity index (χ1) is 7.99.